The molecular weight excluding hydrogens is 298 g/mol. The number of thiazole rings is 1. The zero-order valence-electron chi connectivity index (χ0n) is 13.2. The molecule has 1 aliphatic rings. The first-order chi connectivity index (χ1) is 10.5. The Morgan fingerprint density at radius 1 is 1.41 bits per heavy atom. The van der Waals surface area contributed by atoms with Crippen LogP contribution in [0.5, 0.6) is 0 Å². The van der Waals surface area contributed by atoms with Crippen molar-refractivity contribution in [2.75, 3.05) is 6.54 Å². The lowest BCUT2D eigenvalue weighted by Gasteiger charge is -2.26. The topological polar surface area (TPSA) is 63.1 Å². The van der Waals surface area contributed by atoms with Crippen molar-refractivity contribution < 1.29 is 4.79 Å². The Bertz CT molecular complexity index is 671. The summed E-state index contributed by atoms with van der Waals surface area (Å²) in [6.07, 6.45) is 0. The van der Waals surface area contributed by atoms with E-state index in [0.29, 0.717) is 6.54 Å². The highest BCUT2D eigenvalue weighted by Crippen LogP contribution is 2.21. The van der Waals surface area contributed by atoms with Gasteiger partial charge in [0.1, 0.15) is 5.01 Å². The Morgan fingerprint density at radius 3 is 2.91 bits per heavy atom. The van der Waals surface area contributed by atoms with Crippen molar-refractivity contribution in [1.29, 1.82) is 0 Å². The third kappa shape index (κ3) is 3.36. The molecule has 0 bridgehead atoms. The van der Waals surface area contributed by atoms with E-state index in [-0.39, 0.29) is 5.91 Å². The van der Waals surface area contributed by atoms with Crippen LogP contribution >= 0.6 is 11.3 Å². The van der Waals surface area contributed by atoms with Crippen LogP contribution in [0.2, 0.25) is 0 Å². The maximum Gasteiger partial charge on any atom is 0.217 e. The van der Waals surface area contributed by atoms with Gasteiger partial charge in [0.25, 0.3) is 0 Å². The van der Waals surface area contributed by atoms with Crippen LogP contribution in [0.25, 0.3) is 0 Å². The van der Waals surface area contributed by atoms with Gasteiger partial charge >= 0.3 is 0 Å². The van der Waals surface area contributed by atoms with E-state index in [2.05, 4.69) is 40.2 Å². The second-order valence-electron chi connectivity index (χ2n) is 5.72. The average molecular weight is 319 g/mol. The fourth-order valence-electron chi connectivity index (χ4n) is 2.61. The molecule has 1 aliphatic heterocycles. The second-order valence-corrected chi connectivity index (χ2v) is 7.01. The van der Waals surface area contributed by atoms with Crippen LogP contribution in [0.3, 0.4) is 0 Å². The minimum absolute atomic E-state index is 0.0258. The Labute approximate surface area is 134 Å². The molecule has 0 atom stereocenters. The fraction of sp³-hybridized carbons (Fsp3) is 0.533. The number of aromatic nitrogens is 3. The zero-order valence-corrected chi connectivity index (χ0v) is 14.0. The molecule has 6 nitrogen and oxygen atoms in total. The molecule has 118 valence electrons. The normalized spacial score (nSPS) is 14.9. The molecule has 0 fully saturated rings. The number of nitrogens with zero attached hydrogens (tertiary/aromatic N) is 4. The maximum atomic E-state index is 11.0. The van der Waals surface area contributed by atoms with Crippen molar-refractivity contribution in [3.8, 4) is 0 Å². The first-order valence-corrected chi connectivity index (χ1v) is 8.28. The van der Waals surface area contributed by atoms with Crippen LogP contribution in [0.15, 0.2) is 6.07 Å². The molecule has 0 saturated carbocycles. The molecule has 3 heterocycles. The highest BCUT2D eigenvalue weighted by atomic mass is 32.1. The van der Waals surface area contributed by atoms with Gasteiger partial charge < -0.3 is 5.32 Å². The number of hydrogen-bond acceptors (Lipinski definition) is 5. The first kappa shape index (κ1) is 15.2. The molecule has 0 unspecified atom stereocenters. The van der Waals surface area contributed by atoms with Crippen LogP contribution in [-0.2, 0) is 31.0 Å². The number of rotatable bonds is 4. The molecule has 2 aromatic rings. The molecule has 0 radical (unpaired) electrons. The van der Waals surface area contributed by atoms with E-state index in [9.17, 15) is 4.79 Å². The van der Waals surface area contributed by atoms with Gasteiger partial charge in [-0.05, 0) is 19.9 Å². The van der Waals surface area contributed by atoms with E-state index in [1.165, 1.54) is 22.5 Å². The number of carbonyl (C=O) groups excluding carboxylic acids is 1. The van der Waals surface area contributed by atoms with Crippen molar-refractivity contribution >= 4 is 17.2 Å². The third-order valence-electron chi connectivity index (χ3n) is 3.88. The van der Waals surface area contributed by atoms with Gasteiger partial charge in [-0.3, -0.25) is 14.4 Å². The minimum atomic E-state index is -0.0258. The lowest BCUT2D eigenvalue weighted by Crippen LogP contribution is -2.33. The fourth-order valence-corrected chi connectivity index (χ4v) is 3.59. The number of hydrogen-bond donors (Lipinski definition) is 1. The van der Waals surface area contributed by atoms with Gasteiger partial charge in [0.15, 0.2) is 0 Å². The van der Waals surface area contributed by atoms with Gasteiger partial charge in [-0.2, -0.15) is 5.10 Å². The number of carbonyl (C=O) groups is 1. The zero-order chi connectivity index (χ0) is 15.7. The molecule has 0 saturated heterocycles. The van der Waals surface area contributed by atoms with Crippen LogP contribution in [0.4, 0.5) is 0 Å². The van der Waals surface area contributed by atoms with Gasteiger partial charge in [-0.25, -0.2) is 4.98 Å². The van der Waals surface area contributed by atoms with Crippen LogP contribution in [-0.4, -0.2) is 32.1 Å². The highest BCUT2D eigenvalue weighted by molar-refractivity contribution is 7.11. The molecule has 3 rings (SSSR count). The van der Waals surface area contributed by atoms with Crippen molar-refractivity contribution in [2.24, 2.45) is 0 Å². The Kier molecular flexibility index (Phi) is 4.26. The summed E-state index contributed by atoms with van der Waals surface area (Å²) in [7, 11) is 0. The van der Waals surface area contributed by atoms with Crippen LogP contribution in [0, 0.1) is 13.8 Å². The van der Waals surface area contributed by atoms with Gasteiger partial charge in [0.2, 0.25) is 5.91 Å². The lowest BCUT2D eigenvalue weighted by atomic mass is 10.3. The van der Waals surface area contributed by atoms with Crippen molar-refractivity contribution in [3.63, 3.8) is 0 Å². The van der Waals surface area contributed by atoms with Gasteiger partial charge in [0, 0.05) is 24.9 Å². The van der Waals surface area contributed by atoms with Crippen LogP contribution < -0.4 is 5.32 Å². The van der Waals surface area contributed by atoms with Crippen molar-refractivity contribution in [2.45, 2.75) is 47.0 Å². The van der Waals surface area contributed by atoms with Gasteiger partial charge in [-0.15, -0.1) is 11.3 Å². The number of fused-ring (bicyclic) bond motifs is 1. The summed E-state index contributed by atoms with van der Waals surface area (Å²) in [6, 6.07) is 2.08. The summed E-state index contributed by atoms with van der Waals surface area (Å²) in [6.45, 7) is 9.85. The molecule has 1 N–H and O–H groups in total. The van der Waals surface area contributed by atoms with Gasteiger partial charge in [0.05, 0.1) is 36.7 Å². The molecule has 0 aliphatic carbocycles. The van der Waals surface area contributed by atoms with E-state index in [4.69, 9.17) is 0 Å². The van der Waals surface area contributed by atoms with Crippen molar-refractivity contribution in [1.82, 2.24) is 25.0 Å². The Morgan fingerprint density at radius 2 is 2.23 bits per heavy atom. The summed E-state index contributed by atoms with van der Waals surface area (Å²) in [5.74, 6) is -0.0258. The predicted octanol–water partition coefficient (Wildman–Crippen LogP) is 1.61. The predicted molar refractivity (Wildman–Crippen MR) is 85.4 cm³/mol. The maximum absolute atomic E-state index is 11.0. The summed E-state index contributed by atoms with van der Waals surface area (Å²) in [5.41, 5.74) is 3.27. The Hall–Kier alpha value is -1.73. The van der Waals surface area contributed by atoms with Gasteiger partial charge in [-0.1, -0.05) is 0 Å². The monoisotopic (exact) mass is 319 g/mol. The largest absolute Gasteiger partial charge is 0.351 e. The lowest BCUT2D eigenvalue weighted by molar-refractivity contribution is -0.119. The third-order valence-corrected chi connectivity index (χ3v) is 4.94. The summed E-state index contributed by atoms with van der Waals surface area (Å²) >= 11 is 1.78. The smallest absolute Gasteiger partial charge is 0.217 e. The SMILES string of the molecule is CC(=O)NCc1cc2n(n1)CCN(Cc1nc(C)c(C)s1)C2. The van der Waals surface area contributed by atoms with E-state index in [1.54, 1.807) is 11.3 Å². The number of aryl methyl sites for hydroxylation is 2. The van der Waals surface area contributed by atoms with E-state index >= 15 is 0 Å². The quantitative estimate of drug-likeness (QED) is 0.930. The molecule has 1 amide bonds. The summed E-state index contributed by atoms with van der Waals surface area (Å²) in [4.78, 5) is 19.3. The standard InChI is InChI=1S/C15H21N5OS/c1-10-11(2)22-15(17-10)9-19-4-5-20-14(8-19)6-13(18-20)7-16-12(3)21/h6H,4-5,7-9H2,1-3H3,(H,16,21). The van der Waals surface area contributed by atoms with Crippen molar-refractivity contribution in [3.05, 3.63) is 33.0 Å². The second kappa shape index (κ2) is 6.18. The summed E-state index contributed by atoms with van der Waals surface area (Å²) in [5, 5.41) is 8.52. The molecule has 22 heavy (non-hydrogen) atoms. The van der Waals surface area contributed by atoms with E-state index in [1.807, 2.05) is 4.68 Å². The number of amides is 1. The van der Waals surface area contributed by atoms with Crippen LogP contribution in [0.1, 0.15) is 33.9 Å². The highest BCUT2D eigenvalue weighted by Gasteiger charge is 2.19. The molecular formula is C15H21N5OS. The molecule has 7 heteroatoms. The first-order valence-electron chi connectivity index (χ1n) is 7.46. The van der Waals surface area contributed by atoms with E-state index in [0.717, 1.165) is 37.6 Å². The van der Waals surface area contributed by atoms with E-state index < -0.39 is 0 Å². The number of nitrogens with one attached hydrogen (secondary N) is 1. The average Bonchev–Trinajstić information content (AvgIpc) is 3.00. The molecule has 0 spiro atoms. The Balaban J connectivity index is 1.64. The molecule has 0 aromatic carbocycles. The molecule has 2 aromatic heterocycles. The minimum Gasteiger partial charge on any atom is -0.351 e. The summed E-state index contributed by atoms with van der Waals surface area (Å²) < 4.78 is 2.05.